The largest absolute Gasteiger partial charge is 0.411 e. The lowest BCUT2D eigenvalue weighted by Gasteiger charge is -1.87. The van der Waals surface area contributed by atoms with Crippen LogP contribution in [-0.4, -0.2) is 17.3 Å². The number of carbonyl (C=O) groups is 1. The van der Waals surface area contributed by atoms with Gasteiger partial charge >= 0.3 is 0 Å². The van der Waals surface area contributed by atoms with E-state index in [9.17, 15) is 9.18 Å². The fourth-order valence-electron chi connectivity index (χ4n) is 0.520. The van der Waals surface area contributed by atoms with Crippen LogP contribution in [0.3, 0.4) is 0 Å². The molecule has 0 atom stereocenters. The minimum Gasteiger partial charge on any atom is -0.411 e. The Kier molecular flexibility index (Phi) is 5.44. The van der Waals surface area contributed by atoms with Crippen LogP contribution in [0.2, 0.25) is 0 Å². The fraction of sp³-hybridized carbons (Fsp3) is 0. The van der Waals surface area contributed by atoms with Crippen LogP contribution in [0.25, 0.3) is 0 Å². The number of nitrogens with two attached hydrogens (primary N) is 2. The van der Waals surface area contributed by atoms with Crippen molar-refractivity contribution in [2.45, 2.75) is 0 Å². The Balaban J connectivity index is 0.000000255. The van der Waals surface area contributed by atoms with Gasteiger partial charge in [0.1, 0.15) is 12.0 Å². The van der Waals surface area contributed by atoms with Gasteiger partial charge in [0.25, 0.3) is 5.91 Å². The van der Waals surface area contributed by atoms with E-state index in [1.54, 1.807) is 0 Å². The molecule has 1 amide bonds. The molecule has 0 aliphatic carbocycles. The number of carbonyl (C=O) groups excluding carboxylic acids is 1. The third kappa shape index (κ3) is 6.59. The summed E-state index contributed by atoms with van der Waals surface area (Å²) in [5.74, 6) is -1.00. The molecule has 6 heteroatoms. The Labute approximate surface area is 79.8 Å². The second-order valence-corrected chi connectivity index (χ2v) is 2.20. The Morgan fingerprint density at radius 2 is 1.93 bits per heavy atom. The highest BCUT2D eigenvalue weighted by molar-refractivity contribution is 6.25. The van der Waals surface area contributed by atoms with Gasteiger partial charge in [0.15, 0.2) is 0 Å². The molecule has 0 aliphatic rings. The maximum atomic E-state index is 12.0. The van der Waals surface area contributed by atoms with Gasteiger partial charge in [0, 0.05) is 5.69 Å². The first-order valence-corrected chi connectivity index (χ1v) is 3.54. The van der Waals surface area contributed by atoms with E-state index >= 15 is 0 Å². The van der Waals surface area contributed by atoms with Crippen molar-refractivity contribution in [3.8, 4) is 0 Å². The second kappa shape index (κ2) is 6.41. The summed E-state index contributed by atoms with van der Waals surface area (Å²) in [5.41, 5.74) is 10.3. The molecule has 1 aromatic carbocycles. The lowest BCUT2D eigenvalue weighted by Crippen LogP contribution is -2.10. The van der Waals surface area contributed by atoms with E-state index in [0.717, 1.165) is 0 Å². The molecule has 1 aromatic rings. The van der Waals surface area contributed by atoms with Gasteiger partial charge in [-0.2, -0.15) is 0 Å². The quantitative estimate of drug-likeness (QED) is 0.263. The van der Waals surface area contributed by atoms with Crippen LogP contribution >= 0.6 is 0 Å². The molecule has 0 unspecified atom stereocenters. The number of hydrogen-bond acceptors (Lipinski definition) is 4. The van der Waals surface area contributed by atoms with Crippen LogP contribution in [0.15, 0.2) is 29.4 Å². The number of oxime groups is 1. The summed E-state index contributed by atoms with van der Waals surface area (Å²) in [5, 5.41) is 9.84. The Morgan fingerprint density at radius 3 is 2.14 bits per heavy atom. The number of nitrogen functional groups attached to an aromatic ring is 1. The van der Waals surface area contributed by atoms with Crippen molar-refractivity contribution in [1.82, 2.24) is 0 Å². The van der Waals surface area contributed by atoms with Crippen LogP contribution in [-0.2, 0) is 4.79 Å². The van der Waals surface area contributed by atoms with Gasteiger partial charge in [-0.25, -0.2) is 4.39 Å². The lowest BCUT2D eigenvalue weighted by molar-refractivity contribution is -0.111. The Hall–Kier alpha value is -2.11. The molecule has 0 spiro atoms. The second-order valence-electron chi connectivity index (χ2n) is 2.20. The molecule has 0 bridgehead atoms. The van der Waals surface area contributed by atoms with Crippen LogP contribution < -0.4 is 11.5 Å². The molecule has 1 rings (SSSR count). The number of rotatable bonds is 1. The highest BCUT2D eigenvalue weighted by Gasteiger charge is 1.84. The van der Waals surface area contributed by atoms with E-state index in [2.05, 4.69) is 10.9 Å². The number of nitrogens with zero attached hydrogens (tertiary/aromatic N) is 1. The number of benzene rings is 1. The highest BCUT2D eigenvalue weighted by atomic mass is 19.1. The van der Waals surface area contributed by atoms with E-state index in [4.69, 9.17) is 10.9 Å². The zero-order chi connectivity index (χ0) is 11.0. The van der Waals surface area contributed by atoms with Crippen molar-refractivity contribution >= 4 is 17.8 Å². The summed E-state index contributed by atoms with van der Waals surface area (Å²) in [6, 6.07) is 5.70. The molecule has 14 heavy (non-hydrogen) atoms. The molecule has 0 aliphatic heterocycles. The summed E-state index contributed by atoms with van der Waals surface area (Å²) in [6.07, 6.45) is 0.611. The highest BCUT2D eigenvalue weighted by Crippen LogP contribution is 2.01. The van der Waals surface area contributed by atoms with Crippen LogP contribution in [0.4, 0.5) is 10.1 Å². The third-order valence-electron chi connectivity index (χ3n) is 1.05. The van der Waals surface area contributed by atoms with Gasteiger partial charge in [-0.15, -0.1) is 0 Å². The van der Waals surface area contributed by atoms with E-state index in [-0.39, 0.29) is 5.82 Å². The monoisotopic (exact) mass is 199 g/mol. The summed E-state index contributed by atoms with van der Waals surface area (Å²) >= 11 is 0. The van der Waals surface area contributed by atoms with E-state index in [1.807, 2.05) is 0 Å². The molecular weight excluding hydrogens is 189 g/mol. The zero-order valence-electron chi connectivity index (χ0n) is 7.22. The molecule has 0 fully saturated rings. The minimum absolute atomic E-state index is 0.251. The van der Waals surface area contributed by atoms with Crippen LogP contribution in [0, 0.1) is 5.82 Å². The first kappa shape index (κ1) is 11.9. The summed E-state index contributed by atoms with van der Waals surface area (Å²) in [7, 11) is 0. The smallest absolute Gasteiger partial charge is 0.263 e. The lowest BCUT2D eigenvalue weighted by atomic mass is 10.3. The SMILES string of the molecule is NC(=O)C=NO.Nc1ccc(F)cc1. The van der Waals surface area contributed by atoms with Gasteiger partial charge in [-0.1, -0.05) is 5.16 Å². The molecule has 0 aromatic heterocycles. The average molecular weight is 199 g/mol. The fourth-order valence-corrected chi connectivity index (χ4v) is 0.520. The molecule has 0 saturated heterocycles. The Bertz CT molecular complexity index is 290. The average Bonchev–Trinajstić information content (AvgIpc) is 2.11. The third-order valence-corrected chi connectivity index (χ3v) is 1.05. The first-order valence-electron chi connectivity index (χ1n) is 3.54. The number of halogens is 1. The normalized spacial score (nSPS) is 9.21. The Morgan fingerprint density at radius 1 is 1.43 bits per heavy atom. The summed E-state index contributed by atoms with van der Waals surface area (Å²) in [6.45, 7) is 0. The number of hydrogen-bond donors (Lipinski definition) is 3. The standard InChI is InChI=1S/C6H6FN.C2H4N2O2/c7-5-1-3-6(8)4-2-5;3-2(5)1-4-6/h1-4H,8H2;1,6H,(H2,3,5). The van der Waals surface area contributed by atoms with Crippen molar-refractivity contribution in [2.75, 3.05) is 5.73 Å². The predicted octanol–water partition coefficient (Wildman–Crippen LogP) is 0.340. The van der Waals surface area contributed by atoms with Crippen molar-refractivity contribution in [3.05, 3.63) is 30.1 Å². The maximum absolute atomic E-state index is 12.0. The topological polar surface area (TPSA) is 102 Å². The molecule has 0 radical (unpaired) electrons. The van der Waals surface area contributed by atoms with Crippen molar-refractivity contribution in [1.29, 1.82) is 0 Å². The maximum Gasteiger partial charge on any atom is 0.263 e. The van der Waals surface area contributed by atoms with Gasteiger partial charge in [-0.05, 0) is 24.3 Å². The minimum atomic E-state index is -0.752. The molecular formula is C8H10FN3O2. The predicted molar refractivity (Wildman–Crippen MR) is 50.3 cm³/mol. The number of anilines is 1. The molecule has 0 heterocycles. The molecule has 5 N–H and O–H groups in total. The van der Waals surface area contributed by atoms with E-state index < -0.39 is 5.91 Å². The van der Waals surface area contributed by atoms with E-state index in [1.165, 1.54) is 24.3 Å². The summed E-state index contributed by atoms with van der Waals surface area (Å²) in [4.78, 5) is 9.51. The molecule has 76 valence electrons. The molecule has 0 saturated carbocycles. The van der Waals surface area contributed by atoms with Gasteiger partial charge < -0.3 is 16.7 Å². The zero-order valence-corrected chi connectivity index (χ0v) is 7.22. The van der Waals surface area contributed by atoms with Gasteiger partial charge in [-0.3, -0.25) is 4.79 Å². The molecule has 5 nitrogen and oxygen atoms in total. The van der Waals surface area contributed by atoms with Crippen molar-refractivity contribution in [3.63, 3.8) is 0 Å². The van der Waals surface area contributed by atoms with Crippen LogP contribution in [0.1, 0.15) is 0 Å². The number of primary amides is 1. The first-order chi connectivity index (χ1) is 6.56. The van der Waals surface area contributed by atoms with Gasteiger partial charge in [0.05, 0.1) is 0 Å². The van der Waals surface area contributed by atoms with Crippen molar-refractivity contribution < 1.29 is 14.4 Å². The van der Waals surface area contributed by atoms with Crippen molar-refractivity contribution in [2.24, 2.45) is 10.9 Å². The number of amides is 1. The van der Waals surface area contributed by atoms with Gasteiger partial charge in [0.2, 0.25) is 0 Å². The van der Waals surface area contributed by atoms with E-state index in [0.29, 0.717) is 11.9 Å². The van der Waals surface area contributed by atoms with Crippen LogP contribution in [0.5, 0.6) is 0 Å². The summed E-state index contributed by atoms with van der Waals surface area (Å²) < 4.78 is 12.0.